The Labute approximate surface area is 248 Å². The van der Waals surface area contributed by atoms with Gasteiger partial charge in [-0.05, 0) is 67.1 Å². The molecule has 0 aliphatic carbocycles. The van der Waals surface area contributed by atoms with Crippen molar-refractivity contribution in [1.29, 1.82) is 0 Å². The first-order chi connectivity index (χ1) is 20.5. The smallest absolute Gasteiger partial charge is 0.264 e. The van der Waals surface area contributed by atoms with Crippen molar-refractivity contribution in [2.24, 2.45) is 0 Å². The summed E-state index contributed by atoms with van der Waals surface area (Å²) in [6, 6.07) is 24.6. The first-order valence-electron chi connectivity index (χ1n) is 13.8. The summed E-state index contributed by atoms with van der Waals surface area (Å²) < 4.78 is 7.00. The molecule has 9 heteroatoms. The van der Waals surface area contributed by atoms with Crippen LogP contribution >= 0.6 is 11.6 Å². The van der Waals surface area contributed by atoms with Crippen molar-refractivity contribution >= 4 is 39.8 Å². The zero-order valence-corrected chi connectivity index (χ0v) is 24.1. The van der Waals surface area contributed by atoms with Gasteiger partial charge in [-0.25, -0.2) is 9.97 Å². The van der Waals surface area contributed by atoms with Crippen molar-refractivity contribution in [2.45, 2.75) is 32.4 Å². The van der Waals surface area contributed by atoms with Gasteiger partial charge in [0.1, 0.15) is 29.3 Å². The number of halogens is 1. The van der Waals surface area contributed by atoms with Crippen LogP contribution in [-0.2, 0) is 6.54 Å². The number of hydrogen-bond donors (Lipinski definition) is 1. The minimum atomic E-state index is -0.205. The highest BCUT2D eigenvalue weighted by Crippen LogP contribution is 2.39. The van der Waals surface area contributed by atoms with Crippen LogP contribution in [0.1, 0.15) is 47.4 Å². The minimum Gasteiger partial charge on any atom is -0.497 e. The number of ether oxygens (including phenoxy) is 1. The summed E-state index contributed by atoms with van der Waals surface area (Å²) in [5.41, 5.74) is 2.84. The predicted octanol–water partition coefficient (Wildman–Crippen LogP) is 6.60. The first-order valence-corrected chi connectivity index (χ1v) is 14.2. The van der Waals surface area contributed by atoms with Gasteiger partial charge in [0.25, 0.3) is 5.56 Å². The van der Waals surface area contributed by atoms with E-state index in [1.807, 2.05) is 72.8 Å². The molecule has 0 radical (unpaired) electrons. The number of fused-ring (bicyclic) bond motifs is 1. The fourth-order valence-corrected chi connectivity index (χ4v) is 6.00. The molecule has 0 spiro atoms. The summed E-state index contributed by atoms with van der Waals surface area (Å²) in [5.74, 6) is 1.66. The van der Waals surface area contributed by atoms with Gasteiger partial charge in [-0.1, -0.05) is 54.1 Å². The Morgan fingerprint density at radius 3 is 2.57 bits per heavy atom. The highest BCUT2D eigenvalue weighted by Gasteiger charge is 2.33. The molecule has 0 saturated carbocycles. The molecule has 6 rings (SSSR count). The lowest BCUT2D eigenvalue weighted by molar-refractivity contribution is 0.101. The van der Waals surface area contributed by atoms with Gasteiger partial charge in [0.05, 0.1) is 23.6 Å². The number of anilines is 2. The Morgan fingerprint density at radius 2 is 1.83 bits per heavy atom. The number of nitrogens with zero attached hydrogens (tertiary/aromatic N) is 4. The molecule has 0 bridgehead atoms. The predicted molar refractivity (Wildman–Crippen MR) is 166 cm³/mol. The monoisotopic (exact) mass is 579 g/mol. The number of carbonyl (C=O) groups is 1. The van der Waals surface area contributed by atoms with Gasteiger partial charge >= 0.3 is 0 Å². The van der Waals surface area contributed by atoms with Crippen LogP contribution in [0.2, 0.25) is 5.02 Å². The lowest BCUT2D eigenvalue weighted by Gasteiger charge is -2.30. The third-order valence-corrected chi connectivity index (χ3v) is 8.02. The van der Waals surface area contributed by atoms with Crippen LogP contribution in [0.15, 0.2) is 90.0 Å². The molecule has 1 saturated heterocycles. The molecule has 8 nitrogen and oxygen atoms in total. The molecule has 1 unspecified atom stereocenters. The van der Waals surface area contributed by atoms with Crippen molar-refractivity contribution in [1.82, 2.24) is 14.5 Å². The Hall–Kier alpha value is -4.69. The second kappa shape index (κ2) is 11.7. The third kappa shape index (κ3) is 5.10. The van der Waals surface area contributed by atoms with Gasteiger partial charge in [-0.2, -0.15) is 0 Å². The molecular formula is C33H30ClN5O3. The lowest BCUT2D eigenvalue weighted by atomic mass is 10.0. The lowest BCUT2D eigenvalue weighted by Crippen LogP contribution is -2.31. The number of nitrogens with one attached hydrogen (secondary N) is 1. The second-order valence-electron chi connectivity index (χ2n) is 10.3. The Kier molecular flexibility index (Phi) is 7.63. The number of Topliss-reactive ketones (excluding diaryl/α,β-unsaturated/α-hetero) is 1. The molecule has 1 fully saturated rings. The summed E-state index contributed by atoms with van der Waals surface area (Å²) in [6.45, 7) is 2.68. The van der Waals surface area contributed by atoms with E-state index in [4.69, 9.17) is 16.3 Å². The summed E-state index contributed by atoms with van der Waals surface area (Å²) in [4.78, 5) is 38.3. The van der Waals surface area contributed by atoms with Crippen LogP contribution in [-0.4, -0.2) is 34.0 Å². The Balaban J connectivity index is 1.44. The van der Waals surface area contributed by atoms with E-state index in [2.05, 4.69) is 20.2 Å². The van der Waals surface area contributed by atoms with Crippen molar-refractivity contribution in [3.05, 3.63) is 117 Å². The largest absolute Gasteiger partial charge is 0.497 e. The van der Waals surface area contributed by atoms with Crippen LogP contribution in [0.25, 0.3) is 16.5 Å². The number of carbonyl (C=O) groups excluding carboxylic acids is 1. The zero-order chi connectivity index (χ0) is 29.2. The van der Waals surface area contributed by atoms with Gasteiger partial charge < -0.3 is 15.0 Å². The highest BCUT2D eigenvalue weighted by atomic mass is 35.5. The summed E-state index contributed by atoms with van der Waals surface area (Å²) >= 11 is 6.53. The van der Waals surface area contributed by atoms with Gasteiger partial charge in [-0.15, -0.1) is 0 Å². The molecule has 5 aromatic rings. The maximum absolute atomic E-state index is 14.0. The molecular weight excluding hydrogens is 550 g/mol. The second-order valence-corrected chi connectivity index (χ2v) is 10.7. The third-order valence-electron chi connectivity index (χ3n) is 7.70. The number of pyridine rings is 1. The first kappa shape index (κ1) is 27.5. The van der Waals surface area contributed by atoms with E-state index in [-0.39, 0.29) is 17.4 Å². The normalized spacial score (nSPS) is 14.7. The maximum atomic E-state index is 14.0. The topological polar surface area (TPSA) is 89.3 Å². The molecule has 212 valence electrons. The summed E-state index contributed by atoms with van der Waals surface area (Å²) in [7, 11) is 1.63. The molecule has 2 aromatic heterocycles. The highest BCUT2D eigenvalue weighted by molar-refractivity contribution is 6.35. The van der Waals surface area contributed by atoms with Crippen LogP contribution in [0.4, 0.5) is 11.6 Å². The molecule has 42 heavy (non-hydrogen) atoms. The van der Waals surface area contributed by atoms with Gasteiger partial charge in [0, 0.05) is 24.5 Å². The van der Waals surface area contributed by atoms with Gasteiger partial charge in [0.2, 0.25) is 0 Å². The number of methoxy groups -OCH3 is 1. The minimum absolute atomic E-state index is 0.140. The maximum Gasteiger partial charge on any atom is 0.264 e. The number of aromatic nitrogens is 3. The van der Waals surface area contributed by atoms with E-state index in [0.717, 1.165) is 40.9 Å². The van der Waals surface area contributed by atoms with Crippen molar-refractivity contribution in [3.8, 4) is 11.4 Å². The number of benzene rings is 3. The fraction of sp³-hybridized carbons (Fsp3) is 0.212. The van der Waals surface area contributed by atoms with Crippen molar-refractivity contribution in [2.75, 3.05) is 23.9 Å². The average Bonchev–Trinajstić information content (AvgIpc) is 3.50. The fourth-order valence-electron chi connectivity index (χ4n) is 5.74. The Morgan fingerprint density at radius 1 is 1.05 bits per heavy atom. The van der Waals surface area contributed by atoms with Gasteiger partial charge in [-0.3, -0.25) is 14.2 Å². The number of para-hydroxylation sites is 1. The molecule has 1 aliphatic rings. The molecule has 1 aliphatic heterocycles. The molecule has 3 heterocycles. The van der Waals surface area contributed by atoms with Crippen molar-refractivity contribution in [3.63, 3.8) is 0 Å². The van der Waals surface area contributed by atoms with Crippen LogP contribution in [0.5, 0.6) is 5.75 Å². The molecule has 3 aromatic carbocycles. The van der Waals surface area contributed by atoms with E-state index >= 15 is 0 Å². The quantitative estimate of drug-likeness (QED) is 0.207. The SMILES string of the molecule is COc1ccc(CNc2ncnc(N3CCCC3c3cc4cccc(Cl)c4c(=O)n3-c3ccccc3)c2C(C)=O)cc1. The summed E-state index contributed by atoms with van der Waals surface area (Å²) in [6.07, 6.45) is 3.14. The van der Waals surface area contributed by atoms with Gasteiger partial charge in [0.15, 0.2) is 5.78 Å². The van der Waals surface area contributed by atoms with Crippen LogP contribution in [0, 0.1) is 0 Å². The Bertz CT molecular complexity index is 1820. The standard InChI is InChI=1S/C33H30ClN5O3/c1-21(40)29-31(35-19-22-13-15-25(42-2)16-14-22)36-20-37-32(29)38-17-7-12-27(38)28-18-23-8-6-11-26(34)30(23)33(41)39(28)24-9-4-3-5-10-24/h3-6,8-11,13-16,18,20,27H,7,12,17,19H2,1-2H3,(H,35,36,37). The van der Waals surface area contributed by atoms with E-state index < -0.39 is 0 Å². The number of ketones is 1. The molecule has 0 amide bonds. The van der Waals surface area contributed by atoms with E-state index in [9.17, 15) is 9.59 Å². The van der Waals surface area contributed by atoms with Crippen molar-refractivity contribution < 1.29 is 9.53 Å². The van der Waals surface area contributed by atoms with E-state index in [0.29, 0.717) is 40.7 Å². The van der Waals surface area contributed by atoms with E-state index in [1.54, 1.807) is 17.7 Å². The number of rotatable bonds is 8. The zero-order valence-electron chi connectivity index (χ0n) is 23.4. The average molecular weight is 580 g/mol. The van der Waals surface area contributed by atoms with Crippen LogP contribution in [0.3, 0.4) is 0 Å². The summed E-state index contributed by atoms with van der Waals surface area (Å²) in [5, 5.41) is 5.01. The van der Waals surface area contributed by atoms with E-state index in [1.165, 1.54) is 13.3 Å². The molecule has 1 N–H and O–H groups in total. The number of hydrogen-bond acceptors (Lipinski definition) is 7. The molecule has 1 atom stereocenters. The van der Waals surface area contributed by atoms with Crippen LogP contribution < -0.4 is 20.5 Å².